The molecule has 0 radical (unpaired) electrons. The van der Waals surface area contributed by atoms with Gasteiger partial charge in [-0.2, -0.15) is 13.2 Å². The van der Waals surface area contributed by atoms with Crippen LogP contribution in [0.15, 0.2) is 62.9 Å². The van der Waals surface area contributed by atoms with Crippen LogP contribution in [0.2, 0.25) is 0 Å². The first kappa shape index (κ1) is 21.1. The van der Waals surface area contributed by atoms with E-state index >= 15 is 0 Å². The number of hydrogen-bond donors (Lipinski definition) is 0. The molecule has 0 saturated carbocycles. The molecule has 0 aliphatic carbocycles. The number of para-hydroxylation sites is 1. The highest BCUT2D eigenvalue weighted by Gasteiger charge is 2.38. The van der Waals surface area contributed by atoms with Crippen molar-refractivity contribution in [1.82, 2.24) is 19.7 Å². The number of fused-ring (bicyclic) bond motifs is 1. The van der Waals surface area contributed by atoms with Gasteiger partial charge in [-0.25, -0.2) is 4.98 Å². The van der Waals surface area contributed by atoms with Crippen molar-refractivity contribution < 1.29 is 17.6 Å². The van der Waals surface area contributed by atoms with E-state index in [0.29, 0.717) is 21.7 Å². The van der Waals surface area contributed by atoms with Gasteiger partial charge in [0.05, 0.1) is 21.8 Å². The maximum Gasteiger partial charge on any atom is 0.470 e. The molecule has 4 aromatic rings. The number of nitrogens with zero attached hydrogens (tertiary/aromatic N) is 4. The smallest absolute Gasteiger partial charge is 0.416 e. The second-order valence-corrected chi connectivity index (χ2v) is 8.08. The van der Waals surface area contributed by atoms with E-state index in [1.807, 2.05) is 31.2 Å². The molecular formula is C21H17F3N4O2S. The molecule has 0 spiro atoms. The second kappa shape index (κ2) is 8.18. The van der Waals surface area contributed by atoms with Crippen LogP contribution in [0, 0.1) is 0 Å². The van der Waals surface area contributed by atoms with E-state index in [-0.39, 0.29) is 11.4 Å². The van der Waals surface area contributed by atoms with Crippen molar-refractivity contribution >= 4 is 22.7 Å². The quantitative estimate of drug-likeness (QED) is 0.310. The molecule has 0 aliphatic heterocycles. The van der Waals surface area contributed by atoms with E-state index in [1.165, 1.54) is 4.57 Å². The molecule has 0 unspecified atom stereocenters. The van der Waals surface area contributed by atoms with Crippen LogP contribution in [0.5, 0.6) is 0 Å². The molecule has 2 heterocycles. The third-order valence-electron chi connectivity index (χ3n) is 4.66. The number of thioether (sulfide) groups is 1. The first-order valence-corrected chi connectivity index (χ1v) is 10.3. The summed E-state index contributed by atoms with van der Waals surface area (Å²) in [6.07, 6.45) is -3.87. The number of alkyl halides is 3. The van der Waals surface area contributed by atoms with Gasteiger partial charge in [0.15, 0.2) is 5.16 Å². The number of halogens is 3. The predicted octanol–water partition coefficient (Wildman–Crippen LogP) is 5.20. The summed E-state index contributed by atoms with van der Waals surface area (Å²) >= 11 is 1.07. The molecule has 1 atom stereocenters. The average molecular weight is 446 g/mol. The minimum Gasteiger partial charge on any atom is -0.416 e. The third-order valence-corrected chi connectivity index (χ3v) is 5.70. The number of aryl methyl sites for hydroxylation is 1. The van der Waals surface area contributed by atoms with E-state index < -0.39 is 17.3 Å². The van der Waals surface area contributed by atoms with Crippen LogP contribution >= 0.6 is 11.8 Å². The first-order chi connectivity index (χ1) is 14.8. The van der Waals surface area contributed by atoms with Crippen molar-refractivity contribution in [2.75, 3.05) is 0 Å². The Balaban J connectivity index is 1.80. The highest BCUT2D eigenvalue weighted by molar-refractivity contribution is 7.99. The molecule has 2 aromatic heterocycles. The van der Waals surface area contributed by atoms with Crippen LogP contribution in [0.3, 0.4) is 0 Å². The van der Waals surface area contributed by atoms with Crippen molar-refractivity contribution in [2.24, 2.45) is 0 Å². The predicted molar refractivity (Wildman–Crippen MR) is 110 cm³/mol. The maximum absolute atomic E-state index is 13.3. The Bertz CT molecular complexity index is 1280. The maximum atomic E-state index is 13.3. The van der Waals surface area contributed by atoms with Gasteiger partial charge in [0.2, 0.25) is 5.89 Å². The van der Waals surface area contributed by atoms with Crippen molar-refractivity contribution in [3.8, 4) is 5.69 Å². The fourth-order valence-corrected chi connectivity index (χ4v) is 3.98. The van der Waals surface area contributed by atoms with Gasteiger partial charge in [0.1, 0.15) is 0 Å². The van der Waals surface area contributed by atoms with Crippen LogP contribution in [0.4, 0.5) is 13.2 Å². The molecule has 0 saturated heterocycles. The Hall–Kier alpha value is -3.14. The molecule has 0 fully saturated rings. The van der Waals surface area contributed by atoms with Gasteiger partial charge in [-0.1, -0.05) is 43.0 Å². The molecule has 0 amide bonds. The minimum absolute atomic E-state index is 0.201. The van der Waals surface area contributed by atoms with Gasteiger partial charge < -0.3 is 4.42 Å². The van der Waals surface area contributed by atoms with Crippen molar-refractivity contribution in [3.05, 3.63) is 76.2 Å². The number of benzene rings is 2. The van der Waals surface area contributed by atoms with Crippen molar-refractivity contribution in [3.63, 3.8) is 0 Å². The lowest BCUT2D eigenvalue weighted by Crippen LogP contribution is -2.22. The highest BCUT2D eigenvalue weighted by Crippen LogP contribution is 2.36. The summed E-state index contributed by atoms with van der Waals surface area (Å²) in [7, 11) is 0. The van der Waals surface area contributed by atoms with E-state index in [2.05, 4.69) is 15.2 Å². The van der Waals surface area contributed by atoms with Gasteiger partial charge >= 0.3 is 12.1 Å². The van der Waals surface area contributed by atoms with Crippen LogP contribution in [0.25, 0.3) is 16.6 Å². The molecule has 0 bridgehead atoms. The van der Waals surface area contributed by atoms with E-state index in [9.17, 15) is 18.0 Å². The number of aromatic nitrogens is 4. The van der Waals surface area contributed by atoms with Crippen LogP contribution in [-0.2, 0) is 12.6 Å². The molecule has 6 nitrogen and oxygen atoms in total. The molecular weight excluding hydrogens is 429 g/mol. The SMILES string of the molecule is CCc1ccc(-n2c(S[C@H](C)c3nnc(C(F)(F)F)o3)nc3ccccc3c2=O)cc1. The summed E-state index contributed by atoms with van der Waals surface area (Å²) < 4.78 is 44.7. The lowest BCUT2D eigenvalue weighted by atomic mass is 10.1. The molecule has 0 aliphatic rings. The first-order valence-electron chi connectivity index (χ1n) is 9.46. The summed E-state index contributed by atoms with van der Waals surface area (Å²) in [6, 6.07) is 14.4. The lowest BCUT2D eigenvalue weighted by Gasteiger charge is -2.15. The number of rotatable bonds is 5. The lowest BCUT2D eigenvalue weighted by molar-refractivity contribution is -0.157. The Morgan fingerprint density at radius 3 is 2.45 bits per heavy atom. The zero-order valence-corrected chi connectivity index (χ0v) is 17.4. The second-order valence-electron chi connectivity index (χ2n) is 6.78. The zero-order valence-electron chi connectivity index (χ0n) is 16.6. The summed E-state index contributed by atoms with van der Waals surface area (Å²) in [5.74, 6) is -1.61. The molecule has 0 N–H and O–H groups in total. The molecule has 160 valence electrons. The van der Waals surface area contributed by atoms with Gasteiger partial charge in [-0.05, 0) is 43.2 Å². The van der Waals surface area contributed by atoms with Gasteiger partial charge in [-0.3, -0.25) is 9.36 Å². The summed E-state index contributed by atoms with van der Waals surface area (Å²) in [5, 5.41) is 6.67. The Morgan fingerprint density at radius 1 is 1.10 bits per heavy atom. The van der Waals surface area contributed by atoms with Gasteiger partial charge in [0, 0.05) is 0 Å². The van der Waals surface area contributed by atoms with Gasteiger partial charge in [0.25, 0.3) is 5.56 Å². The molecule has 10 heteroatoms. The fourth-order valence-electron chi connectivity index (χ4n) is 3.02. The van der Waals surface area contributed by atoms with Crippen LogP contribution in [0.1, 0.15) is 36.4 Å². The zero-order chi connectivity index (χ0) is 22.2. The summed E-state index contributed by atoms with van der Waals surface area (Å²) in [6.45, 7) is 3.64. The molecule has 4 rings (SSSR count). The van der Waals surface area contributed by atoms with Crippen molar-refractivity contribution in [1.29, 1.82) is 0 Å². The van der Waals surface area contributed by atoms with E-state index in [4.69, 9.17) is 4.42 Å². The Labute approximate surface area is 179 Å². The minimum atomic E-state index is -4.72. The Kier molecular flexibility index (Phi) is 5.57. The standard InChI is InChI=1S/C21H17F3N4O2S/c1-3-13-8-10-14(11-9-13)28-18(29)15-6-4-5-7-16(15)25-20(28)31-12(2)17-26-27-19(30-17)21(22,23)24/h4-12H,3H2,1-2H3/t12-/m1/s1. The third kappa shape index (κ3) is 4.20. The highest BCUT2D eigenvalue weighted by atomic mass is 32.2. The summed E-state index contributed by atoms with van der Waals surface area (Å²) in [4.78, 5) is 17.9. The number of hydrogen-bond acceptors (Lipinski definition) is 6. The molecule has 2 aromatic carbocycles. The van der Waals surface area contributed by atoms with E-state index in [0.717, 1.165) is 23.7 Å². The topological polar surface area (TPSA) is 73.8 Å². The van der Waals surface area contributed by atoms with Crippen molar-refractivity contribution in [2.45, 2.75) is 36.9 Å². The fraction of sp³-hybridized carbons (Fsp3) is 0.238. The normalized spacial score (nSPS) is 12.9. The van der Waals surface area contributed by atoms with Crippen LogP contribution in [-0.4, -0.2) is 19.7 Å². The molecule has 31 heavy (non-hydrogen) atoms. The van der Waals surface area contributed by atoms with Gasteiger partial charge in [-0.15, -0.1) is 10.2 Å². The van der Waals surface area contributed by atoms with Crippen LogP contribution < -0.4 is 5.56 Å². The summed E-state index contributed by atoms with van der Waals surface area (Å²) in [5.41, 5.74) is 1.94. The monoisotopic (exact) mass is 446 g/mol. The average Bonchev–Trinajstić information content (AvgIpc) is 3.25. The van der Waals surface area contributed by atoms with E-state index in [1.54, 1.807) is 31.2 Å². The Morgan fingerprint density at radius 2 is 1.81 bits per heavy atom. The largest absolute Gasteiger partial charge is 0.470 e.